The molecule has 0 radical (unpaired) electrons. The summed E-state index contributed by atoms with van der Waals surface area (Å²) in [4.78, 5) is 13.1. The van der Waals surface area contributed by atoms with Crippen molar-refractivity contribution in [3.05, 3.63) is 0 Å². The summed E-state index contributed by atoms with van der Waals surface area (Å²) < 4.78 is 6.15. The summed E-state index contributed by atoms with van der Waals surface area (Å²) in [5.74, 6) is 2.14. The van der Waals surface area contributed by atoms with Crippen molar-refractivity contribution in [2.24, 2.45) is 29.4 Å². The van der Waals surface area contributed by atoms with Crippen LogP contribution in [0.3, 0.4) is 0 Å². The molecule has 0 amide bonds. The summed E-state index contributed by atoms with van der Waals surface area (Å²) >= 11 is 0. The zero-order valence-corrected chi connectivity index (χ0v) is 13.1. The van der Waals surface area contributed by atoms with E-state index in [4.69, 9.17) is 10.5 Å². The maximum atomic E-state index is 13.1. The van der Waals surface area contributed by atoms with Crippen molar-refractivity contribution < 1.29 is 9.53 Å². The van der Waals surface area contributed by atoms with Crippen molar-refractivity contribution in [3.63, 3.8) is 0 Å². The summed E-state index contributed by atoms with van der Waals surface area (Å²) in [5, 5.41) is 0. The molecule has 4 fully saturated rings. The average Bonchev–Trinajstić information content (AvgIpc) is 3.08. The molecule has 1 heterocycles. The number of rotatable bonds is 2. The van der Waals surface area contributed by atoms with Gasteiger partial charge >= 0.3 is 0 Å². The third kappa shape index (κ3) is 2.37. The fraction of sp³-hybridized carbons (Fsp3) is 0.944. The molecule has 0 aromatic rings. The van der Waals surface area contributed by atoms with E-state index in [1.807, 2.05) is 0 Å². The van der Waals surface area contributed by atoms with Gasteiger partial charge in [-0.15, -0.1) is 0 Å². The van der Waals surface area contributed by atoms with Crippen LogP contribution in [0.4, 0.5) is 0 Å². The molecule has 2 bridgehead atoms. The Hall–Kier alpha value is -0.410. The zero-order valence-electron chi connectivity index (χ0n) is 13.1. The predicted molar refractivity (Wildman–Crippen MR) is 81.8 cm³/mol. The second-order valence-electron chi connectivity index (χ2n) is 8.12. The molecular formula is C18H29NO2. The lowest BCUT2D eigenvalue weighted by Gasteiger charge is -2.44. The van der Waals surface area contributed by atoms with Gasteiger partial charge < -0.3 is 10.5 Å². The van der Waals surface area contributed by atoms with Gasteiger partial charge in [0, 0.05) is 24.5 Å². The first-order valence-electron chi connectivity index (χ1n) is 9.12. The van der Waals surface area contributed by atoms with Crippen LogP contribution < -0.4 is 5.73 Å². The van der Waals surface area contributed by atoms with E-state index in [1.165, 1.54) is 51.4 Å². The zero-order chi connectivity index (χ0) is 14.4. The molecule has 5 atom stereocenters. The van der Waals surface area contributed by atoms with Crippen LogP contribution in [0, 0.1) is 23.7 Å². The second kappa shape index (κ2) is 5.34. The number of nitrogens with two attached hydrogens (primary N) is 1. The van der Waals surface area contributed by atoms with E-state index >= 15 is 0 Å². The summed E-state index contributed by atoms with van der Waals surface area (Å²) in [7, 11) is 0. The number of ether oxygens (including phenoxy) is 1. The van der Waals surface area contributed by atoms with E-state index < -0.39 is 0 Å². The highest BCUT2D eigenvalue weighted by molar-refractivity contribution is 5.85. The number of ketones is 1. The first kappa shape index (κ1) is 14.2. The van der Waals surface area contributed by atoms with Crippen LogP contribution in [-0.4, -0.2) is 24.0 Å². The molecule has 4 aliphatic rings. The molecule has 1 aliphatic heterocycles. The van der Waals surface area contributed by atoms with Crippen molar-refractivity contribution in [2.75, 3.05) is 6.61 Å². The molecule has 1 saturated heterocycles. The first-order valence-corrected chi connectivity index (χ1v) is 9.12. The maximum Gasteiger partial charge on any atom is 0.141 e. The Morgan fingerprint density at radius 3 is 2.52 bits per heavy atom. The van der Waals surface area contributed by atoms with Crippen LogP contribution in [0.5, 0.6) is 0 Å². The van der Waals surface area contributed by atoms with Crippen LogP contribution in [-0.2, 0) is 9.53 Å². The van der Waals surface area contributed by atoms with Crippen LogP contribution in [0.2, 0.25) is 0 Å². The maximum absolute atomic E-state index is 13.1. The quantitative estimate of drug-likeness (QED) is 0.850. The molecule has 1 spiro atoms. The largest absolute Gasteiger partial charge is 0.375 e. The van der Waals surface area contributed by atoms with E-state index in [-0.39, 0.29) is 23.5 Å². The minimum Gasteiger partial charge on any atom is -0.375 e. The van der Waals surface area contributed by atoms with Crippen molar-refractivity contribution in [1.82, 2.24) is 0 Å². The molecule has 3 saturated carbocycles. The van der Waals surface area contributed by atoms with Crippen molar-refractivity contribution in [2.45, 2.75) is 75.9 Å². The molecule has 4 rings (SSSR count). The van der Waals surface area contributed by atoms with Gasteiger partial charge in [0.2, 0.25) is 0 Å². The van der Waals surface area contributed by atoms with E-state index in [0.717, 1.165) is 19.4 Å². The number of hydrogen-bond donors (Lipinski definition) is 1. The summed E-state index contributed by atoms with van der Waals surface area (Å²) in [6.45, 7) is 0.784. The molecule has 118 valence electrons. The van der Waals surface area contributed by atoms with E-state index in [1.54, 1.807) is 0 Å². The molecule has 0 aromatic heterocycles. The Balaban J connectivity index is 1.47. The van der Waals surface area contributed by atoms with Gasteiger partial charge in [0.1, 0.15) is 5.78 Å². The van der Waals surface area contributed by atoms with Crippen molar-refractivity contribution in [1.29, 1.82) is 0 Å². The Kier molecular flexibility index (Phi) is 3.61. The molecular weight excluding hydrogens is 262 g/mol. The topological polar surface area (TPSA) is 52.3 Å². The first-order chi connectivity index (χ1) is 10.2. The molecule has 5 unspecified atom stereocenters. The molecule has 3 nitrogen and oxygen atoms in total. The highest BCUT2D eigenvalue weighted by atomic mass is 16.5. The summed E-state index contributed by atoms with van der Waals surface area (Å²) in [5.41, 5.74) is 6.43. The monoisotopic (exact) mass is 291 g/mol. The minimum atomic E-state index is 0.0402. The molecule has 21 heavy (non-hydrogen) atoms. The minimum absolute atomic E-state index is 0.0402. The highest BCUT2D eigenvalue weighted by Gasteiger charge is 2.51. The molecule has 3 aliphatic carbocycles. The third-order valence-corrected chi connectivity index (χ3v) is 6.97. The lowest BCUT2D eigenvalue weighted by Crippen LogP contribution is -2.48. The smallest absolute Gasteiger partial charge is 0.141 e. The van der Waals surface area contributed by atoms with Crippen LogP contribution in [0.1, 0.15) is 64.2 Å². The van der Waals surface area contributed by atoms with Crippen LogP contribution >= 0.6 is 0 Å². The number of carbonyl (C=O) groups is 1. The Morgan fingerprint density at radius 2 is 1.81 bits per heavy atom. The fourth-order valence-corrected chi connectivity index (χ4v) is 5.85. The van der Waals surface area contributed by atoms with Gasteiger partial charge in [-0.2, -0.15) is 0 Å². The Morgan fingerprint density at radius 1 is 1.05 bits per heavy atom. The number of fused-ring (bicyclic) bond motifs is 2. The standard InChI is InChI=1S/C18H29NO2/c19-16-13-5-4-12(10-13)15(16)17(20)14-6-9-21-18(11-14)7-2-1-3-8-18/h12-16H,1-11,19H2. The lowest BCUT2D eigenvalue weighted by atomic mass is 9.70. The van der Waals surface area contributed by atoms with E-state index in [0.29, 0.717) is 17.6 Å². The second-order valence-corrected chi connectivity index (χ2v) is 8.12. The number of hydrogen-bond acceptors (Lipinski definition) is 3. The molecule has 3 heteroatoms. The van der Waals surface area contributed by atoms with Gasteiger partial charge in [0.15, 0.2) is 0 Å². The normalized spacial score (nSPS) is 45.1. The SMILES string of the molecule is NC1C2CCC(C2)C1C(=O)C1CCOC2(CCCCC2)C1. The summed E-state index contributed by atoms with van der Waals surface area (Å²) in [6, 6.07) is 0.154. The lowest BCUT2D eigenvalue weighted by molar-refractivity contribution is -0.147. The van der Waals surface area contributed by atoms with Gasteiger partial charge in [-0.1, -0.05) is 19.3 Å². The Bertz CT molecular complexity index is 408. The van der Waals surface area contributed by atoms with Gasteiger partial charge in [-0.05, 0) is 56.8 Å². The molecule has 2 N–H and O–H groups in total. The highest BCUT2D eigenvalue weighted by Crippen LogP contribution is 2.50. The average molecular weight is 291 g/mol. The number of carbonyl (C=O) groups excluding carboxylic acids is 1. The van der Waals surface area contributed by atoms with Gasteiger partial charge in [-0.3, -0.25) is 4.79 Å². The number of Topliss-reactive ketones (excluding diaryl/α,β-unsaturated/α-hetero) is 1. The summed E-state index contributed by atoms with van der Waals surface area (Å²) in [6.07, 6.45) is 11.8. The van der Waals surface area contributed by atoms with E-state index in [9.17, 15) is 4.79 Å². The van der Waals surface area contributed by atoms with Gasteiger partial charge in [0.05, 0.1) is 5.60 Å². The van der Waals surface area contributed by atoms with Gasteiger partial charge in [-0.25, -0.2) is 0 Å². The Labute approximate surface area is 128 Å². The van der Waals surface area contributed by atoms with Crippen LogP contribution in [0.15, 0.2) is 0 Å². The van der Waals surface area contributed by atoms with Crippen molar-refractivity contribution in [3.8, 4) is 0 Å². The predicted octanol–water partition coefficient (Wildman–Crippen LogP) is 3.06. The van der Waals surface area contributed by atoms with Gasteiger partial charge in [0.25, 0.3) is 0 Å². The fourth-order valence-electron chi connectivity index (χ4n) is 5.85. The van der Waals surface area contributed by atoms with E-state index in [2.05, 4.69) is 0 Å². The van der Waals surface area contributed by atoms with Crippen molar-refractivity contribution >= 4 is 5.78 Å². The molecule has 0 aromatic carbocycles. The van der Waals surface area contributed by atoms with Crippen LogP contribution in [0.25, 0.3) is 0 Å². The third-order valence-electron chi connectivity index (χ3n) is 6.97.